The number of amides is 1. The molecule has 0 spiro atoms. The number of hydrogen-bond acceptors (Lipinski definition) is 4. The largest absolute Gasteiger partial charge is 0.368 e. The standard InChI is InChI=1S/C8H12N4O/c1-5-3-10-6(2)8(12-5)11-4-7(9)13/h3H,4H2,1-2H3,(H2,9,13)(H,11,12). The SMILES string of the molecule is Cc1cnc(C)c(NCC(N)=O)n1. The number of anilines is 1. The molecule has 0 bridgehead atoms. The van der Waals surface area contributed by atoms with Gasteiger partial charge in [-0.1, -0.05) is 0 Å². The molecule has 0 unspecified atom stereocenters. The first-order valence-corrected chi connectivity index (χ1v) is 3.92. The van der Waals surface area contributed by atoms with Gasteiger partial charge in [0.05, 0.1) is 17.9 Å². The quantitative estimate of drug-likeness (QED) is 0.685. The Morgan fingerprint density at radius 1 is 1.62 bits per heavy atom. The van der Waals surface area contributed by atoms with Gasteiger partial charge in [-0.05, 0) is 13.8 Å². The Bertz CT molecular complexity index is 324. The van der Waals surface area contributed by atoms with Crippen LogP contribution in [0.5, 0.6) is 0 Å². The molecular weight excluding hydrogens is 168 g/mol. The molecule has 0 aliphatic rings. The zero-order chi connectivity index (χ0) is 9.84. The van der Waals surface area contributed by atoms with E-state index in [9.17, 15) is 4.79 Å². The van der Waals surface area contributed by atoms with Gasteiger partial charge in [-0.3, -0.25) is 9.78 Å². The number of rotatable bonds is 3. The van der Waals surface area contributed by atoms with Crippen LogP contribution in [0.1, 0.15) is 11.4 Å². The van der Waals surface area contributed by atoms with Gasteiger partial charge in [0.1, 0.15) is 5.82 Å². The van der Waals surface area contributed by atoms with E-state index in [1.807, 2.05) is 13.8 Å². The summed E-state index contributed by atoms with van der Waals surface area (Å²) in [5.41, 5.74) is 6.54. The van der Waals surface area contributed by atoms with E-state index < -0.39 is 5.91 Å². The van der Waals surface area contributed by atoms with Crippen molar-refractivity contribution in [2.75, 3.05) is 11.9 Å². The Kier molecular flexibility index (Phi) is 2.79. The van der Waals surface area contributed by atoms with Gasteiger partial charge in [0.2, 0.25) is 5.91 Å². The Labute approximate surface area is 76.4 Å². The molecule has 0 aliphatic heterocycles. The third-order valence-electron chi connectivity index (χ3n) is 1.51. The van der Waals surface area contributed by atoms with Crippen molar-refractivity contribution in [3.05, 3.63) is 17.6 Å². The van der Waals surface area contributed by atoms with Crippen LogP contribution < -0.4 is 11.1 Å². The van der Waals surface area contributed by atoms with Crippen LogP contribution in [0, 0.1) is 13.8 Å². The first-order chi connectivity index (χ1) is 6.09. The Balaban J connectivity index is 2.75. The first kappa shape index (κ1) is 9.44. The number of primary amides is 1. The van der Waals surface area contributed by atoms with Crippen molar-refractivity contribution < 1.29 is 4.79 Å². The second kappa shape index (κ2) is 3.84. The summed E-state index contributed by atoms with van der Waals surface area (Å²) < 4.78 is 0. The fraction of sp³-hybridized carbons (Fsp3) is 0.375. The maximum absolute atomic E-state index is 10.5. The highest BCUT2D eigenvalue weighted by molar-refractivity contribution is 5.78. The zero-order valence-electron chi connectivity index (χ0n) is 7.66. The third-order valence-corrected chi connectivity index (χ3v) is 1.51. The zero-order valence-corrected chi connectivity index (χ0v) is 7.66. The van der Waals surface area contributed by atoms with Crippen molar-refractivity contribution in [2.45, 2.75) is 13.8 Å². The average molecular weight is 180 g/mol. The fourth-order valence-corrected chi connectivity index (χ4v) is 0.876. The van der Waals surface area contributed by atoms with Gasteiger partial charge in [-0.15, -0.1) is 0 Å². The van der Waals surface area contributed by atoms with Gasteiger partial charge in [0.25, 0.3) is 0 Å². The molecule has 0 radical (unpaired) electrons. The van der Waals surface area contributed by atoms with E-state index in [0.29, 0.717) is 5.82 Å². The average Bonchev–Trinajstić information content (AvgIpc) is 2.06. The minimum atomic E-state index is -0.414. The molecule has 0 atom stereocenters. The minimum absolute atomic E-state index is 0.0823. The van der Waals surface area contributed by atoms with Crippen LogP contribution >= 0.6 is 0 Å². The van der Waals surface area contributed by atoms with Crippen molar-refractivity contribution in [1.29, 1.82) is 0 Å². The highest BCUT2D eigenvalue weighted by atomic mass is 16.1. The molecule has 1 aromatic rings. The molecule has 1 heterocycles. The van der Waals surface area contributed by atoms with Gasteiger partial charge in [0.15, 0.2) is 0 Å². The molecule has 0 saturated carbocycles. The smallest absolute Gasteiger partial charge is 0.236 e. The molecule has 5 heteroatoms. The molecule has 13 heavy (non-hydrogen) atoms. The maximum atomic E-state index is 10.5. The number of aromatic nitrogens is 2. The van der Waals surface area contributed by atoms with E-state index in [-0.39, 0.29) is 6.54 Å². The van der Waals surface area contributed by atoms with Gasteiger partial charge >= 0.3 is 0 Å². The van der Waals surface area contributed by atoms with E-state index in [4.69, 9.17) is 5.73 Å². The number of aryl methyl sites for hydroxylation is 2. The van der Waals surface area contributed by atoms with Crippen molar-refractivity contribution in [3.8, 4) is 0 Å². The normalized spacial score (nSPS) is 9.69. The molecule has 1 aromatic heterocycles. The van der Waals surface area contributed by atoms with Crippen LogP contribution in [0.25, 0.3) is 0 Å². The highest BCUT2D eigenvalue weighted by Crippen LogP contribution is 2.07. The molecule has 1 rings (SSSR count). The van der Waals surface area contributed by atoms with Crippen LogP contribution in [0.3, 0.4) is 0 Å². The minimum Gasteiger partial charge on any atom is -0.368 e. The van der Waals surface area contributed by atoms with E-state index in [1.54, 1.807) is 6.20 Å². The maximum Gasteiger partial charge on any atom is 0.236 e. The number of nitrogens with zero attached hydrogens (tertiary/aromatic N) is 2. The Hall–Kier alpha value is -1.65. The van der Waals surface area contributed by atoms with Crippen LogP contribution in [0.15, 0.2) is 6.20 Å². The molecular formula is C8H12N4O. The molecule has 0 aliphatic carbocycles. The lowest BCUT2D eigenvalue weighted by atomic mass is 10.4. The van der Waals surface area contributed by atoms with Gasteiger partial charge in [-0.25, -0.2) is 4.98 Å². The van der Waals surface area contributed by atoms with E-state index in [1.165, 1.54) is 0 Å². The van der Waals surface area contributed by atoms with Crippen LogP contribution in [0.4, 0.5) is 5.82 Å². The summed E-state index contributed by atoms with van der Waals surface area (Å²) in [6.07, 6.45) is 1.67. The predicted octanol–water partition coefficient (Wildman–Crippen LogP) is -0.00936. The lowest BCUT2D eigenvalue weighted by molar-refractivity contribution is -0.116. The summed E-state index contributed by atoms with van der Waals surface area (Å²) in [5, 5.41) is 2.81. The molecule has 3 N–H and O–H groups in total. The van der Waals surface area contributed by atoms with E-state index in [2.05, 4.69) is 15.3 Å². The number of nitrogens with two attached hydrogens (primary N) is 1. The topological polar surface area (TPSA) is 80.9 Å². The monoisotopic (exact) mass is 180 g/mol. The van der Waals surface area contributed by atoms with E-state index in [0.717, 1.165) is 11.4 Å². The second-order valence-corrected chi connectivity index (χ2v) is 2.77. The molecule has 70 valence electrons. The van der Waals surface area contributed by atoms with Crippen LogP contribution in [0.2, 0.25) is 0 Å². The van der Waals surface area contributed by atoms with Crippen LogP contribution in [-0.2, 0) is 4.79 Å². The van der Waals surface area contributed by atoms with Gasteiger partial charge in [0, 0.05) is 6.20 Å². The van der Waals surface area contributed by atoms with Gasteiger partial charge in [-0.2, -0.15) is 0 Å². The first-order valence-electron chi connectivity index (χ1n) is 3.92. The number of nitrogens with one attached hydrogen (secondary N) is 1. The summed E-state index contributed by atoms with van der Waals surface area (Å²) in [5.74, 6) is 0.196. The highest BCUT2D eigenvalue weighted by Gasteiger charge is 2.01. The molecule has 0 fully saturated rings. The summed E-state index contributed by atoms with van der Waals surface area (Å²) in [7, 11) is 0. The Morgan fingerprint density at radius 3 is 2.92 bits per heavy atom. The Morgan fingerprint density at radius 2 is 2.31 bits per heavy atom. The van der Waals surface area contributed by atoms with Crippen molar-refractivity contribution in [1.82, 2.24) is 9.97 Å². The van der Waals surface area contributed by atoms with Crippen molar-refractivity contribution >= 4 is 11.7 Å². The molecule has 5 nitrogen and oxygen atoms in total. The lowest BCUT2D eigenvalue weighted by Gasteiger charge is -2.05. The summed E-state index contributed by atoms with van der Waals surface area (Å²) in [6, 6.07) is 0. The number of carbonyl (C=O) groups excluding carboxylic acids is 1. The second-order valence-electron chi connectivity index (χ2n) is 2.77. The number of hydrogen-bond donors (Lipinski definition) is 2. The van der Waals surface area contributed by atoms with E-state index >= 15 is 0 Å². The lowest BCUT2D eigenvalue weighted by Crippen LogP contribution is -2.22. The molecule has 0 aromatic carbocycles. The third kappa shape index (κ3) is 2.70. The summed E-state index contributed by atoms with van der Waals surface area (Å²) >= 11 is 0. The fourth-order valence-electron chi connectivity index (χ4n) is 0.876. The van der Waals surface area contributed by atoms with Gasteiger partial charge < -0.3 is 11.1 Å². The van der Waals surface area contributed by atoms with Crippen molar-refractivity contribution in [2.24, 2.45) is 5.73 Å². The van der Waals surface area contributed by atoms with Crippen LogP contribution in [-0.4, -0.2) is 22.4 Å². The molecule has 1 amide bonds. The predicted molar refractivity (Wildman–Crippen MR) is 49.2 cm³/mol. The summed E-state index contributed by atoms with van der Waals surface area (Å²) in [6.45, 7) is 3.73. The molecule has 0 saturated heterocycles. The number of carbonyl (C=O) groups is 1. The van der Waals surface area contributed by atoms with Crippen molar-refractivity contribution in [3.63, 3.8) is 0 Å². The summed E-state index contributed by atoms with van der Waals surface area (Å²) in [4.78, 5) is 18.7.